The number of hydrogen-bond acceptors (Lipinski definition) is 4. The molecule has 3 rings (SSSR count). The Bertz CT molecular complexity index is 734. The van der Waals surface area contributed by atoms with Gasteiger partial charge in [0.1, 0.15) is 18.4 Å². The first kappa shape index (κ1) is 17.5. The van der Waals surface area contributed by atoms with Crippen LogP contribution in [0.15, 0.2) is 30.9 Å². The molecule has 0 saturated carbocycles. The third-order valence-electron chi connectivity index (χ3n) is 4.52. The van der Waals surface area contributed by atoms with Gasteiger partial charge in [-0.15, -0.1) is 0 Å². The number of carbonyl (C=O) groups is 3. The molecule has 1 saturated heterocycles. The molecule has 1 N–H and O–H groups in total. The van der Waals surface area contributed by atoms with Gasteiger partial charge in [0, 0.05) is 18.1 Å². The number of carbonyl (C=O) groups excluding carboxylic acids is 3. The first-order valence-electron chi connectivity index (χ1n) is 8.18. The van der Waals surface area contributed by atoms with Crippen molar-refractivity contribution in [2.24, 2.45) is 5.92 Å². The van der Waals surface area contributed by atoms with Gasteiger partial charge >= 0.3 is 0 Å². The molecule has 25 heavy (non-hydrogen) atoms. The number of piperidine rings is 1. The van der Waals surface area contributed by atoms with Gasteiger partial charge in [0.15, 0.2) is 5.78 Å². The molecule has 1 aromatic rings. The fraction of sp³-hybridized carbons (Fsp3) is 0.389. The Hall–Kier alpha value is -2.34. The van der Waals surface area contributed by atoms with Crippen molar-refractivity contribution < 1.29 is 19.1 Å². The molecule has 0 aliphatic carbocycles. The van der Waals surface area contributed by atoms with Crippen molar-refractivity contribution in [3.63, 3.8) is 0 Å². The second kappa shape index (κ2) is 7.27. The van der Waals surface area contributed by atoms with Gasteiger partial charge in [0.2, 0.25) is 11.8 Å². The first-order valence-corrected chi connectivity index (χ1v) is 8.55. The highest BCUT2D eigenvalue weighted by molar-refractivity contribution is 6.31. The van der Waals surface area contributed by atoms with Crippen molar-refractivity contribution in [2.45, 2.75) is 18.9 Å². The van der Waals surface area contributed by atoms with Crippen molar-refractivity contribution in [3.05, 3.63) is 41.4 Å². The highest BCUT2D eigenvalue weighted by atomic mass is 35.5. The molecular weight excluding hydrogens is 344 g/mol. The third kappa shape index (κ3) is 3.69. The number of hydrogen-bond donors (Lipinski definition) is 1. The van der Waals surface area contributed by atoms with Gasteiger partial charge in [-0.2, -0.15) is 0 Å². The molecule has 0 bridgehead atoms. The summed E-state index contributed by atoms with van der Waals surface area (Å²) in [4.78, 5) is 38.5. The van der Waals surface area contributed by atoms with Gasteiger partial charge in [-0.25, -0.2) is 0 Å². The predicted molar refractivity (Wildman–Crippen MR) is 92.7 cm³/mol. The van der Waals surface area contributed by atoms with Gasteiger partial charge in [0.25, 0.3) is 0 Å². The smallest absolute Gasteiger partial charge is 0.245 e. The molecule has 1 aromatic carbocycles. The van der Waals surface area contributed by atoms with E-state index in [0.29, 0.717) is 35.8 Å². The van der Waals surface area contributed by atoms with E-state index in [2.05, 4.69) is 11.9 Å². The van der Waals surface area contributed by atoms with Crippen LogP contribution in [-0.4, -0.2) is 48.2 Å². The van der Waals surface area contributed by atoms with E-state index in [9.17, 15) is 14.4 Å². The molecule has 6 nitrogen and oxygen atoms in total. The summed E-state index contributed by atoms with van der Waals surface area (Å²) in [5.41, 5.74) is 0.371. The van der Waals surface area contributed by atoms with E-state index in [-0.39, 0.29) is 30.1 Å². The van der Waals surface area contributed by atoms with E-state index in [1.165, 1.54) is 6.08 Å². The van der Waals surface area contributed by atoms with E-state index < -0.39 is 6.04 Å². The zero-order chi connectivity index (χ0) is 18.0. The van der Waals surface area contributed by atoms with Gasteiger partial charge in [-0.3, -0.25) is 14.4 Å². The largest absolute Gasteiger partial charge is 0.490 e. The summed E-state index contributed by atoms with van der Waals surface area (Å²) in [6.07, 6.45) is 2.67. The number of likely N-dealkylation sites (tertiary alicyclic amines) is 1. The average Bonchev–Trinajstić information content (AvgIpc) is 2.63. The van der Waals surface area contributed by atoms with Crippen LogP contribution >= 0.6 is 11.6 Å². The molecule has 0 spiro atoms. The van der Waals surface area contributed by atoms with Crippen molar-refractivity contribution in [3.8, 4) is 5.75 Å². The number of nitrogens with zero attached hydrogens (tertiary/aromatic N) is 1. The Morgan fingerprint density at radius 3 is 2.96 bits per heavy atom. The van der Waals surface area contributed by atoms with E-state index in [1.807, 2.05) is 0 Å². The van der Waals surface area contributed by atoms with Gasteiger partial charge in [-0.1, -0.05) is 18.2 Å². The van der Waals surface area contributed by atoms with Crippen LogP contribution < -0.4 is 10.1 Å². The van der Waals surface area contributed by atoms with Crippen molar-refractivity contribution in [2.75, 3.05) is 19.7 Å². The SMILES string of the molecule is C=CC(=O)N1CCCC(C(=O)NC2COc3ccc(Cl)cc3C2=O)C1. The minimum absolute atomic E-state index is 0.0846. The number of ketones is 1. The van der Waals surface area contributed by atoms with Crippen molar-refractivity contribution in [1.82, 2.24) is 10.2 Å². The molecule has 2 atom stereocenters. The maximum atomic E-state index is 12.6. The number of ether oxygens (including phenoxy) is 1. The quantitative estimate of drug-likeness (QED) is 0.832. The number of Topliss-reactive ketones (excluding diaryl/α,β-unsaturated/α-hetero) is 1. The first-order chi connectivity index (χ1) is 12.0. The minimum Gasteiger partial charge on any atom is -0.490 e. The highest BCUT2D eigenvalue weighted by Gasteiger charge is 2.34. The lowest BCUT2D eigenvalue weighted by atomic mass is 9.95. The maximum Gasteiger partial charge on any atom is 0.245 e. The Balaban J connectivity index is 1.66. The Morgan fingerprint density at radius 2 is 2.20 bits per heavy atom. The summed E-state index contributed by atoms with van der Waals surface area (Å²) in [6.45, 7) is 4.51. The summed E-state index contributed by atoms with van der Waals surface area (Å²) in [6, 6.07) is 4.10. The lowest BCUT2D eigenvalue weighted by Gasteiger charge is -2.32. The zero-order valence-electron chi connectivity index (χ0n) is 13.7. The normalized spacial score (nSPS) is 22.6. The fourth-order valence-electron chi connectivity index (χ4n) is 3.17. The van der Waals surface area contributed by atoms with E-state index >= 15 is 0 Å². The maximum absolute atomic E-state index is 12.6. The van der Waals surface area contributed by atoms with Gasteiger partial charge in [0.05, 0.1) is 11.5 Å². The van der Waals surface area contributed by atoms with Gasteiger partial charge in [-0.05, 0) is 37.1 Å². The standard InChI is InChI=1S/C18H19ClN2O4/c1-2-16(22)21-7-3-4-11(9-21)18(24)20-14-10-25-15-6-5-12(19)8-13(15)17(14)23/h2,5-6,8,11,14H,1,3-4,7,9-10H2,(H,20,24). The van der Waals surface area contributed by atoms with E-state index in [1.54, 1.807) is 23.1 Å². The summed E-state index contributed by atoms with van der Waals surface area (Å²) in [5.74, 6) is -0.509. The Labute approximate surface area is 150 Å². The van der Waals surface area contributed by atoms with Crippen LogP contribution in [0, 0.1) is 5.92 Å². The molecule has 0 aromatic heterocycles. The summed E-state index contributed by atoms with van der Waals surface area (Å²) >= 11 is 5.94. The lowest BCUT2D eigenvalue weighted by molar-refractivity contribution is -0.132. The van der Waals surface area contributed by atoms with Gasteiger partial charge < -0.3 is 15.0 Å². The topological polar surface area (TPSA) is 75.7 Å². The Kier molecular flexibility index (Phi) is 5.08. The monoisotopic (exact) mass is 362 g/mol. The minimum atomic E-state index is -0.746. The van der Waals surface area contributed by atoms with Crippen LogP contribution in [0.1, 0.15) is 23.2 Å². The number of fused-ring (bicyclic) bond motifs is 1. The van der Waals surface area contributed by atoms with Crippen LogP contribution in [-0.2, 0) is 9.59 Å². The predicted octanol–water partition coefficient (Wildman–Crippen LogP) is 1.82. The molecule has 2 aliphatic heterocycles. The molecular formula is C18H19ClN2O4. The number of benzene rings is 1. The number of halogens is 1. The van der Waals surface area contributed by atoms with Crippen molar-refractivity contribution in [1.29, 1.82) is 0 Å². The summed E-state index contributed by atoms with van der Waals surface area (Å²) < 4.78 is 5.55. The van der Waals surface area contributed by atoms with Crippen LogP contribution in [0.2, 0.25) is 5.02 Å². The van der Waals surface area contributed by atoms with Crippen LogP contribution in [0.4, 0.5) is 0 Å². The zero-order valence-corrected chi connectivity index (χ0v) is 14.4. The molecule has 1 fully saturated rings. The fourth-order valence-corrected chi connectivity index (χ4v) is 3.35. The second-order valence-electron chi connectivity index (χ2n) is 6.20. The van der Waals surface area contributed by atoms with Crippen molar-refractivity contribution >= 4 is 29.2 Å². The molecule has 0 radical (unpaired) electrons. The number of rotatable bonds is 3. The lowest BCUT2D eigenvalue weighted by Crippen LogP contribution is -2.52. The van der Waals surface area contributed by atoms with Crippen LogP contribution in [0.5, 0.6) is 5.75 Å². The molecule has 2 unspecified atom stereocenters. The molecule has 2 amide bonds. The molecule has 2 heterocycles. The molecule has 2 aliphatic rings. The summed E-state index contributed by atoms with van der Waals surface area (Å²) in [7, 11) is 0. The summed E-state index contributed by atoms with van der Waals surface area (Å²) in [5, 5.41) is 3.19. The Morgan fingerprint density at radius 1 is 1.40 bits per heavy atom. The molecule has 7 heteroatoms. The number of nitrogens with one attached hydrogen (secondary N) is 1. The second-order valence-corrected chi connectivity index (χ2v) is 6.64. The number of amides is 2. The van der Waals surface area contributed by atoms with E-state index in [4.69, 9.17) is 16.3 Å². The van der Waals surface area contributed by atoms with Crippen LogP contribution in [0.3, 0.4) is 0 Å². The third-order valence-corrected chi connectivity index (χ3v) is 4.76. The van der Waals surface area contributed by atoms with Crippen LogP contribution in [0.25, 0.3) is 0 Å². The average molecular weight is 363 g/mol. The highest BCUT2D eigenvalue weighted by Crippen LogP contribution is 2.28. The van der Waals surface area contributed by atoms with E-state index in [0.717, 1.165) is 6.42 Å². The molecule has 132 valence electrons.